The molecule has 1 N–H and O–H groups in total. The van der Waals surface area contributed by atoms with Gasteiger partial charge in [0, 0.05) is 11.4 Å². The van der Waals surface area contributed by atoms with Crippen LogP contribution in [0.3, 0.4) is 0 Å². The van der Waals surface area contributed by atoms with Crippen molar-refractivity contribution in [2.75, 3.05) is 25.1 Å². The average Bonchev–Trinajstić information content (AvgIpc) is 2.83. The van der Waals surface area contributed by atoms with Crippen molar-refractivity contribution in [1.29, 1.82) is 0 Å². The van der Waals surface area contributed by atoms with Gasteiger partial charge in [0.2, 0.25) is 5.91 Å². The summed E-state index contributed by atoms with van der Waals surface area (Å²) >= 11 is 1.42. The summed E-state index contributed by atoms with van der Waals surface area (Å²) in [4.78, 5) is 29.1. The molecule has 0 aromatic heterocycles. The molecule has 0 saturated heterocycles. The van der Waals surface area contributed by atoms with Gasteiger partial charge in [-0.15, -0.1) is 0 Å². The van der Waals surface area contributed by atoms with Crippen LogP contribution in [-0.4, -0.2) is 32.0 Å². The van der Waals surface area contributed by atoms with E-state index in [9.17, 15) is 9.59 Å². The predicted octanol–water partition coefficient (Wildman–Crippen LogP) is 4.84. The van der Waals surface area contributed by atoms with Gasteiger partial charge in [-0.25, -0.2) is 0 Å². The summed E-state index contributed by atoms with van der Waals surface area (Å²) in [6, 6.07) is 23.5. The second kappa shape index (κ2) is 10.4. The molecule has 3 aromatic rings. The molecule has 33 heavy (non-hydrogen) atoms. The van der Waals surface area contributed by atoms with Crippen LogP contribution in [0.5, 0.6) is 5.75 Å². The lowest BCUT2D eigenvalue weighted by atomic mass is 10.1. The van der Waals surface area contributed by atoms with E-state index in [0.717, 1.165) is 28.3 Å². The number of fused-ring (bicyclic) bond motifs is 1. The zero-order valence-corrected chi connectivity index (χ0v) is 19.5. The molecule has 3 aromatic carbocycles. The van der Waals surface area contributed by atoms with Crippen molar-refractivity contribution in [2.45, 2.75) is 18.2 Å². The third-order valence-corrected chi connectivity index (χ3v) is 6.48. The smallest absolute Gasteiger partial charge is 0.265 e. The number of anilines is 1. The molecule has 0 aliphatic carbocycles. The topological polar surface area (TPSA) is 58.6 Å². The van der Waals surface area contributed by atoms with Crippen molar-refractivity contribution in [2.24, 2.45) is 0 Å². The summed E-state index contributed by atoms with van der Waals surface area (Å²) in [6.07, 6.45) is 2.60. The summed E-state index contributed by atoms with van der Waals surface area (Å²) in [5.41, 5.74) is 4.03. The van der Waals surface area contributed by atoms with Crippen LogP contribution in [0.15, 0.2) is 82.6 Å². The molecule has 0 unspecified atom stereocenters. The maximum atomic E-state index is 13.3. The molecule has 5 nitrogen and oxygen atoms in total. The third-order valence-electron chi connectivity index (χ3n) is 5.40. The molecule has 1 aliphatic rings. The van der Waals surface area contributed by atoms with Crippen molar-refractivity contribution in [3.05, 3.63) is 94.4 Å². The molecular formula is C27H26N2O3S. The van der Waals surface area contributed by atoms with E-state index in [1.165, 1.54) is 22.9 Å². The van der Waals surface area contributed by atoms with Crippen LogP contribution < -0.4 is 15.0 Å². The highest BCUT2D eigenvalue weighted by atomic mass is 32.2. The molecule has 168 valence electrons. The normalized spacial score (nSPS) is 14.2. The Morgan fingerprint density at radius 1 is 1.03 bits per heavy atom. The Morgan fingerprint density at radius 2 is 1.76 bits per heavy atom. The number of amides is 2. The van der Waals surface area contributed by atoms with Crippen LogP contribution in [0.4, 0.5) is 5.69 Å². The molecule has 0 spiro atoms. The van der Waals surface area contributed by atoms with Gasteiger partial charge in [-0.3, -0.25) is 14.5 Å². The van der Waals surface area contributed by atoms with E-state index in [-0.39, 0.29) is 18.4 Å². The summed E-state index contributed by atoms with van der Waals surface area (Å²) in [7, 11) is 1.62. The van der Waals surface area contributed by atoms with E-state index in [0.29, 0.717) is 11.4 Å². The second-order valence-electron chi connectivity index (χ2n) is 7.83. The number of nitrogens with one attached hydrogen (secondary N) is 1. The Morgan fingerprint density at radius 3 is 2.48 bits per heavy atom. The van der Waals surface area contributed by atoms with E-state index in [2.05, 4.69) is 36.5 Å². The Hall–Kier alpha value is -3.51. The Bertz CT molecular complexity index is 1170. The Balaban J connectivity index is 1.47. The van der Waals surface area contributed by atoms with Gasteiger partial charge in [-0.05, 0) is 54.8 Å². The molecule has 1 aliphatic heterocycles. The first kappa shape index (κ1) is 22.7. The highest BCUT2D eigenvalue weighted by Gasteiger charge is 2.30. The van der Waals surface area contributed by atoms with Crippen molar-refractivity contribution in [3.8, 4) is 5.75 Å². The number of methoxy groups -OCH3 is 1. The van der Waals surface area contributed by atoms with Crippen LogP contribution in [0.25, 0.3) is 6.08 Å². The van der Waals surface area contributed by atoms with E-state index in [1.807, 2.05) is 54.6 Å². The van der Waals surface area contributed by atoms with Crippen LogP contribution >= 0.6 is 11.8 Å². The van der Waals surface area contributed by atoms with Gasteiger partial charge in [0.05, 0.1) is 17.7 Å². The van der Waals surface area contributed by atoms with Gasteiger partial charge in [0.25, 0.3) is 5.91 Å². The number of carbonyl (C=O) groups is 2. The maximum absolute atomic E-state index is 13.3. The number of thioether (sulfide) groups is 1. The predicted molar refractivity (Wildman–Crippen MR) is 134 cm³/mol. The standard InChI is InChI=1S/C27H26N2O3S/c1-19-7-9-20(10-8-19)15-16-28-26(30)18-29-23-5-3-4-6-24(23)33-25(27(29)31)17-21-11-13-22(32-2)14-12-21/h3-14,17H,15-16,18H2,1-2H3,(H,28,30)/b25-17-. The fourth-order valence-electron chi connectivity index (χ4n) is 3.57. The number of hydrogen-bond donors (Lipinski definition) is 1. The van der Waals surface area contributed by atoms with Crippen LogP contribution in [0, 0.1) is 6.92 Å². The minimum atomic E-state index is -0.180. The van der Waals surface area contributed by atoms with Gasteiger partial charge >= 0.3 is 0 Å². The maximum Gasteiger partial charge on any atom is 0.265 e. The molecule has 2 amide bonds. The molecule has 1 heterocycles. The number of benzene rings is 3. The number of ether oxygens (including phenoxy) is 1. The Kier molecular flexibility index (Phi) is 7.15. The number of rotatable bonds is 7. The summed E-state index contributed by atoms with van der Waals surface area (Å²) in [5.74, 6) is 0.401. The molecular weight excluding hydrogens is 432 g/mol. The van der Waals surface area contributed by atoms with Gasteiger partial charge < -0.3 is 10.1 Å². The van der Waals surface area contributed by atoms with Crippen LogP contribution in [-0.2, 0) is 16.0 Å². The number of carbonyl (C=O) groups excluding carboxylic acids is 2. The first-order valence-corrected chi connectivity index (χ1v) is 11.6. The molecule has 0 bridgehead atoms. The molecule has 4 rings (SSSR count). The van der Waals surface area contributed by atoms with Gasteiger partial charge in [-0.1, -0.05) is 65.9 Å². The summed E-state index contributed by atoms with van der Waals surface area (Å²) < 4.78 is 5.21. The molecule has 0 atom stereocenters. The highest BCUT2D eigenvalue weighted by molar-refractivity contribution is 8.04. The second-order valence-corrected chi connectivity index (χ2v) is 8.91. The lowest BCUT2D eigenvalue weighted by Gasteiger charge is -2.29. The van der Waals surface area contributed by atoms with Crippen molar-refractivity contribution >= 4 is 35.3 Å². The average molecular weight is 459 g/mol. The Labute approximate surface area is 198 Å². The SMILES string of the molecule is COc1ccc(/C=C2\Sc3ccccc3N(CC(=O)NCCc3ccc(C)cc3)C2=O)cc1. The van der Waals surface area contributed by atoms with E-state index < -0.39 is 0 Å². The first-order valence-electron chi connectivity index (χ1n) is 10.8. The third kappa shape index (κ3) is 5.65. The lowest BCUT2D eigenvalue weighted by Crippen LogP contribution is -2.43. The molecule has 0 saturated carbocycles. The summed E-state index contributed by atoms with van der Waals surface area (Å²) in [6.45, 7) is 2.55. The highest BCUT2D eigenvalue weighted by Crippen LogP contribution is 2.41. The first-order chi connectivity index (χ1) is 16.0. The minimum Gasteiger partial charge on any atom is -0.497 e. The van der Waals surface area contributed by atoms with Crippen molar-refractivity contribution in [1.82, 2.24) is 5.32 Å². The fraction of sp³-hybridized carbons (Fsp3) is 0.185. The van der Waals surface area contributed by atoms with Crippen molar-refractivity contribution < 1.29 is 14.3 Å². The van der Waals surface area contributed by atoms with Crippen molar-refractivity contribution in [3.63, 3.8) is 0 Å². The number of nitrogens with zero attached hydrogens (tertiary/aromatic N) is 1. The molecule has 6 heteroatoms. The van der Waals surface area contributed by atoms with Crippen LogP contribution in [0.1, 0.15) is 16.7 Å². The van der Waals surface area contributed by atoms with Gasteiger partial charge in [-0.2, -0.15) is 0 Å². The van der Waals surface area contributed by atoms with E-state index in [4.69, 9.17) is 4.74 Å². The number of para-hydroxylation sites is 1. The van der Waals surface area contributed by atoms with E-state index in [1.54, 1.807) is 12.0 Å². The zero-order valence-electron chi connectivity index (χ0n) is 18.7. The molecule has 0 fully saturated rings. The number of aryl methyl sites for hydroxylation is 1. The minimum absolute atomic E-state index is 0.0236. The lowest BCUT2D eigenvalue weighted by molar-refractivity contribution is -0.122. The monoisotopic (exact) mass is 458 g/mol. The van der Waals surface area contributed by atoms with E-state index >= 15 is 0 Å². The number of hydrogen-bond acceptors (Lipinski definition) is 4. The zero-order chi connectivity index (χ0) is 23.2. The quantitative estimate of drug-likeness (QED) is 0.515. The largest absolute Gasteiger partial charge is 0.497 e. The van der Waals surface area contributed by atoms with Crippen LogP contribution in [0.2, 0.25) is 0 Å². The van der Waals surface area contributed by atoms with Gasteiger partial charge in [0.1, 0.15) is 12.3 Å². The van der Waals surface area contributed by atoms with Gasteiger partial charge in [0.15, 0.2) is 0 Å². The summed E-state index contributed by atoms with van der Waals surface area (Å²) in [5, 5.41) is 2.95. The fourth-order valence-corrected chi connectivity index (χ4v) is 4.63. The molecule has 0 radical (unpaired) electrons.